The van der Waals surface area contributed by atoms with E-state index < -0.39 is 0 Å². The van der Waals surface area contributed by atoms with Crippen LogP contribution < -0.4 is 10.6 Å². The van der Waals surface area contributed by atoms with Crippen LogP contribution in [0.15, 0.2) is 6.20 Å². The molecular weight excluding hydrogens is 212 g/mol. The second-order valence-corrected chi connectivity index (χ2v) is 5.05. The molecule has 1 saturated heterocycles. The molecule has 4 heteroatoms. The standard InChI is InChI=1S/C13H24N4/c1-3-4-7-17-10-11(2)15-13(17)16-8-5-12(14)6-9-16/h10,12H,3-9,14H2,1-2H3. The van der Waals surface area contributed by atoms with Crippen molar-refractivity contribution >= 4 is 5.95 Å². The van der Waals surface area contributed by atoms with Gasteiger partial charge >= 0.3 is 0 Å². The molecular formula is C13H24N4. The summed E-state index contributed by atoms with van der Waals surface area (Å²) in [7, 11) is 0. The molecule has 2 rings (SSSR count). The lowest BCUT2D eigenvalue weighted by molar-refractivity contribution is 0.487. The van der Waals surface area contributed by atoms with E-state index in [0.29, 0.717) is 6.04 Å². The molecule has 0 spiro atoms. The first-order valence-corrected chi connectivity index (χ1v) is 6.75. The van der Waals surface area contributed by atoms with Gasteiger partial charge in [-0.15, -0.1) is 0 Å². The molecule has 1 aromatic rings. The maximum atomic E-state index is 5.94. The molecule has 0 saturated carbocycles. The van der Waals surface area contributed by atoms with Crippen LogP contribution in [0.2, 0.25) is 0 Å². The minimum atomic E-state index is 0.381. The van der Waals surface area contributed by atoms with Crippen molar-refractivity contribution in [1.29, 1.82) is 0 Å². The molecule has 4 nitrogen and oxygen atoms in total. The van der Waals surface area contributed by atoms with Crippen LogP contribution in [0.4, 0.5) is 5.95 Å². The lowest BCUT2D eigenvalue weighted by Gasteiger charge is -2.31. The highest BCUT2D eigenvalue weighted by atomic mass is 15.3. The summed E-state index contributed by atoms with van der Waals surface area (Å²) in [6.45, 7) is 7.47. The van der Waals surface area contributed by atoms with Crippen LogP contribution in [0.25, 0.3) is 0 Å². The molecule has 17 heavy (non-hydrogen) atoms. The molecule has 0 aromatic carbocycles. The van der Waals surface area contributed by atoms with E-state index in [1.54, 1.807) is 0 Å². The fourth-order valence-corrected chi connectivity index (χ4v) is 2.38. The minimum Gasteiger partial charge on any atom is -0.342 e. The van der Waals surface area contributed by atoms with Crippen LogP contribution in [-0.2, 0) is 6.54 Å². The number of hydrogen-bond acceptors (Lipinski definition) is 3. The Hall–Kier alpha value is -1.03. The van der Waals surface area contributed by atoms with Crippen molar-refractivity contribution < 1.29 is 0 Å². The maximum Gasteiger partial charge on any atom is 0.205 e. The highest BCUT2D eigenvalue weighted by Crippen LogP contribution is 2.19. The van der Waals surface area contributed by atoms with Crippen molar-refractivity contribution in [3.63, 3.8) is 0 Å². The normalized spacial score (nSPS) is 17.7. The molecule has 96 valence electrons. The van der Waals surface area contributed by atoms with Gasteiger partial charge < -0.3 is 15.2 Å². The summed E-state index contributed by atoms with van der Waals surface area (Å²) in [5.41, 5.74) is 7.06. The first-order chi connectivity index (χ1) is 8.20. The largest absolute Gasteiger partial charge is 0.342 e. The van der Waals surface area contributed by atoms with Crippen LogP contribution in [0.5, 0.6) is 0 Å². The Kier molecular flexibility index (Phi) is 4.05. The van der Waals surface area contributed by atoms with Gasteiger partial charge in [-0.3, -0.25) is 0 Å². The summed E-state index contributed by atoms with van der Waals surface area (Å²) in [6, 6.07) is 0.381. The smallest absolute Gasteiger partial charge is 0.205 e. The third kappa shape index (κ3) is 3.00. The average molecular weight is 236 g/mol. The van der Waals surface area contributed by atoms with Crippen molar-refractivity contribution in [1.82, 2.24) is 9.55 Å². The summed E-state index contributed by atoms with van der Waals surface area (Å²) in [5.74, 6) is 1.14. The molecule has 1 aliphatic rings. The number of nitrogens with two attached hydrogens (primary N) is 1. The van der Waals surface area contributed by atoms with Gasteiger partial charge in [0.15, 0.2) is 0 Å². The van der Waals surface area contributed by atoms with Gasteiger partial charge in [0.25, 0.3) is 0 Å². The molecule has 2 heterocycles. The van der Waals surface area contributed by atoms with Gasteiger partial charge in [-0.2, -0.15) is 0 Å². The van der Waals surface area contributed by atoms with Gasteiger partial charge in [-0.05, 0) is 26.2 Å². The monoisotopic (exact) mass is 236 g/mol. The van der Waals surface area contributed by atoms with E-state index in [0.717, 1.165) is 44.1 Å². The van der Waals surface area contributed by atoms with E-state index in [-0.39, 0.29) is 0 Å². The molecule has 0 atom stereocenters. The molecule has 0 unspecified atom stereocenters. The van der Waals surface area contributed by atoms with Gasteiger partial charge in [0.2, 0.25) is 5.95 Å². The number of unbranched alkanes of at least 4 members (excludes halogenated alkanes) is 1. The number of aryl methyl sites for hydroxylation is 2. The SMILES string of the molecule is CCCCn1cc(C)nc1N1CCC(N)CC1. The van der Waals surface area contributed by atoms with E-state index in [9.17, 15) is 0 Å². The topological polar surface area (TPSA) is 47.1 Å². The first kappa shape index (κ1) is 12.4. The molecule has 0 aliphatic carbocycles. The predicted molar refractivity (Wildman–Crippen MR) is 71.3 cm³/mol. The fraction of sp³-hybridized carbons (Fsp3) is 0.769. The predicted octanol–water partition coefficient (Wildman–Crippen LogP) is 1.92. The Bertz CT molecular complexity index is 350. The molecule has 0 radical (unpaired) electrons. The molecule has 0 amide bonds. The second kappa shape index (κ2) is 5.54. The number of piperidine rings is 1. The van der Waals surface area contributed by atoms with E-state index >= 15 is 0 Å². The van der Waals surface area contributed by atoms with Crippen molar-refractivity contribution in [3.8, 4) is 0 Å². The lowest BCUT2D eigenvalue weighted by Crippen LogP contribution is -2.40. The third-order valence-electron chi connectivity index (χ3n) is 3.45. The van der Waals surface area contributed by atoms with Crippen LogP contribution in [-0.4, -0.2) is 28.7 Å². The molecule has 1 aliphatic heterocycles. The van der Waals surface area contributed by atoms with Crippen LogP contribution in [0, 0.1) is 6.92 Å². The lowest BCUT2D eigenvalue weighted by atomic mass is 10.1. The van der Waals surface area contributed by atoms with E-state index in [1.165, 1.54) is 12.8 Å². The zero-order valence-electron chi connectivity index (χ0n) is 11.0. The summed E-state index contributed by atoms with van der Waals surface area (Å²) in [4.78, 5) is 7.04. The Morgan fingerprint density at radius 2 is 2.12 bits per heavy atom. The summed E-state index contributed by atoms with van der Waals surface area (Å²) in [5, 5.41) is 0. The maximum absolute atomic E-state index is 5.94. The van der Waals surface area contributed by atoms with Crippen molar-refractivity contribution in [2.24, 2.45) is 5.73 Å². The van der Waals surface area contributed by atoms with Gasteiger partial charge in [-0.1, -0.05) is 13.3 Å². The Morgan fingerprint density at radius 3 is 2.76 bits per heavy atom. The third-order valence-corrected chi connectivity index (χ3v) is 3.45. The Balaban J connectivity index is 2.08. The van der Waals surface area contributed by atoms with Gasteiger partial charge in [0.05, 0.1) is 5.69 Å². The summed E-state index contributed by atoms with van der Waals surface area (Å²) in [6.07, 6.45) is 6.77. The van der Waals surface area contributed by atoms with E-state index in [2.05, 4.69) is 34.5 Å². The number of hydrogen-bond donors (Lipinski definition) is 1. The fourth-order valence-electron chi connectivity index (χ4n) is 2.38. The zero-order valence-corrected chi connectivity index (χ0v) is 11.0. The van der Waals surface area contributed by atoms with Crippen molar-refractivity contribution in [2.75, 3.05) is 18.0 Å². The summed E-state index contributed by atoms with van der Waals surface area (Å²) >= 11 is 0. The van der Waals surface area contributed by atoms with Gasteiger partial charge in [0, 0.05) is 31.9 Å². The molecule has 2 N–H and O–H groups in total. The first-order valence-electron chi connectivity index (χ1n) is 6.75. The minimum absolute atomic E-state index is 0.381. The number of imidazole rings is 1. The average Bonchev–Trinajstić information content (AvgIpc) is 2.69. The Morgan fingerprint density at radius 1 is 1.41 bits per heavy atom. The van der Waals surface area contributed by atoms with Crippen molar-refractivity contribution in [3.05, 3.63) is 11.9 Å². The summed E-state index contributed by atoms with van der Waals surface area (Å²) < 4.78 is 2.30. The molecule has 1 fully saturated rings. The second-order valence-electron chi connectivity index (χ2n) is 5.05. The van der Waals surface area contributed by atoms with Gasteiger partial charge in [-0.25, -0.2) is 4.98 Å². The molecule has 1 aromatic heterocycles. The van der Waals surface area contributed by atoms with E-state index in [4.69, 9.17) is 5.73 Å². The Labute approximate surface area is 104 Å². The number of rotatable bonds is 4. The number of aromatic nitrogens is 2. The quantitative estimate of drug-likeness (QED) is 0.869. The number of nitrogens with zero attached hydrogens (tertiary/aromatic N) is 3. The number of anilines is 1. The highest BCUT2D eigenvalue weighted by molar-refractivity contribution is 5.34. The van der Waals surface area contributed by atoms with Crippen molar-refractivity contribution in [2.45, 2.75) is 52.1 Å². The zero-order chi connectivity index (χ0) is 12.3. The van der Waals surface area contributed by atoms with Crippen LogP contribution in [0.3, 0.4) is 0 Å². The van der Waals surface area contributed by atoms with Crippen LogP contribution in [0.1, 0.15) is 38.3 Å². The highest BCUT2D eigenvalue weighted by Gasteiger charge is 2.20. The molecule has 0 bridgehead atoms. The van der Waals surface area contributed by atoms with Crippen LogP contribution >= 0.6 is 0 Å². The van der Waals surface area contributed by atoms with Gasteiger partial charge in [0.1, 0.15) is 0 Å². The van der Waals surface area contributed by atoms with E-state index in [1.807, 2.05) is 0 Å².